The maximum absolute atomic E-state index is 14.0. The lowest BCUT2D eigenvalue weighted by Crippen LogP contribution is -2.33. The Bertz CT molecular complexity index is 1930. The summed E-state index contributed by atoms with van der Waals surface area (Å²) >= 11 is 13.5. The molecule has 13 heteroatoms. The first-order valence-corrected chi connectivity index (χ1v) is 23.3. The molecule has 0 saturated carbocycles. The third-order valence-electron chi connectivity index (χ3n) is 9.06. The number of hydrogen-bond donors (Lipinski definition) is 1. The monoisotopic (exact) mass is 800 g/mol. The van der Waals surface area contributed by atoms with Gasteiger partial charge in [-0.2, -0.15) is 5.10 Å². The number of nitrogens with one attached hydrogen (secondary N) is 1. The number of fused-ring (bicyclic) bond motifs is 1. The molecule has 2 aromatic heterocycles. The first-order chi connectivity index (χ1) is 25.3. The van der Waals surface area contributed by atoms with Crippen molar-refractivity contribution in [3.8, 4) is 16.9 Å². The molecule has 1 amide bonds. The molecule has 4 aromatic rings. The van der Waals surface area contributed by atoms with Gasteiger partial charge in [0.1, 0.15) is 23.8 Å². The van der Waals surface area contributed by atoms with Gasteiger partial charge in [0.2, 0.25) is 0 Å². The van der Waals surface area contributed by atoms with E-state index in [2.05, 4.69) is 25.0 Å². The van der Waals surface area contributed by atoms with Crippen molar-refractivity contribution in [3.05, 3.63) is 68.1 Å². The average molecular weight is 802 g/mol. The zero-order chi connectivity index (χ0) is 40.0. The second kappa shape index (κ2) is 18.4. The maximum atomic E-state index is 14.0. The van der Waals surface area contributed by atoms with Gasteiger partial charge in [0.25, 0.3) is 0 Å². The Morgan fingerprint density at radius 3 is 2.28 bits per heavy atom. The van der Waals surface area contributed by atoms with E-state index in [0.29, 0.717) is 63.0 Å². The van der Waals surface area contributed by atoms with Crippen LogP contribution in [0, 0.1) is 27.7 Å². The highest BCUT2D eigenvalue weighted by Gasteiger charge is 2.29. The fourth-order valence-corrected chi connectivity index (χ4v) is 7.64. The number of halogens is 2. The molecule has 296 valence electrons. The number of rotatable bonds is 17. The molecule has 0 saturated heterocycles. The Balaban J connectivity index is 1.78. The van der Waals surface area contributed by atoms with E-state index in [9.17, 15) is 9.59 Å². The molecule has 1 N–H and O–H groups in total. The van der Waals surface area contributed by atoms with Crippen LogP contribution in [0.15, 0.2) is 24.3 Å². The number of amides is 1. The van der Waals surface area contributed by atoms with Crippen molar-refractivity contribution in [2.45, 2.75) is 119 Å². The van der Waals surface area contributed by atoms with Gasteiger partial charge in [0.15, 0.2) is 0 Å². The molecule has 0 aliphatic rings. The van der Waals surface area contributed by atoms with Crippen molar-refractivity contribution < 1.29 is 28.5 Å². The summed E-state index contributed by atoms with van der Waals surface area (Å²) in [7, 11) is -1.25. The second-order valence-electron chi connectivity index (χ2n) is 16.0. The molecule has 54 heavy (non-hydrogen) atoms. The summed E-state index contributed by atoms with van der Waals surface area (Å²) in [5, 5.41) is 9.90. The van der Waals surface area contributed by atoms with Gasteiger partial charge in [0, 0.05) is 55.0 Å². The fraction of sp³-hybridized carbons (Fsp3) is 0.537. The van der Waals surface area contributed by atoms with Crippen molar-refractivity contribution in [1.29, 1.82) is 0 Å². The van der Waals surface area contributed by atoms with Crippen LogP contribution < -0.4 is 10.1 Å². The Hall–Kier alpha value is -3.51. The first kappa shape index (κ1) is 43.2. The van der Waals surface area contributed by atoms with E-state index >= 15 is 0 Å². The van der Waals surface area contributed by atoms with Crippen molar-refractivity contribution in [3.63, 3.8) is 0 Å². The fourth-order valence-electron chi connectivity index (χ4n) is 6.52. The number of ether oxygens (including phenoxy) is 4. The van der Waals surface area contributed by atoms with E-state index in [4.69, 9.17) is 47.2 Å². The molecule has 2 heterocycles. The predicted octanol–water partition coefficient (Wildman–Crippen LogP) is 10.5. The Morgan fingerprint density at radius 2 is 1.65 bits per heavy atom. The number of aryl methyl sites for hydroxylation is 5. The third-order valence-corrected chi connectivity index (χ3v) is 11.7. The van der Waals surface area contributed by atoms with Crippen LogP contribution in [0.2, 0.25) is 35.7 Å². The van der Waals surface area contributed by atoms with E-state index in [1.165, 1.54) is 0 Å². The van der Waals surface area contributed by atoms with Crippen molar-refractivity contribution in [2.75, 3.05) is 26.4 Å². The van der Waals surface area contributed by atoms with Crippen LogP contribution in [0.1, 0.15) is 79.1 Å². The summed E-state index contributed by atoms with van der Waals surface area (Å²) in [5.74, 6) is 0.331. The molecule has 0 aliphatic carbocycles. The van der Waals surface area contributed by atoms with Crippen LogP contribution in [0.4, 0.5) is 4.79 Å². The molecule has 4 rings (SSSR count). The largest absolute Gasteiger partial charge is 0.494 e. The smallest absolute Gasteiger partial charge is 0.407 e. The number of alkyl carbamates (subject to hydrolysis) is 1. The van der Waals surface area contributed by atoms with Gasteiger partial charge in [-0.15, -0.1) is 0 Å². The van der Waals surface area contributed by atoms with Crippen LogP contribution in [0.25, 0.3) is 22.0 Å². The SMILES string of the molecule is CCOC(=O)c1c(CCCOc2cc(C)c(Cl)c(C)c2)c2ccc(Cl)c(-c3c(C)nn(COCC[Si](C)(C)C)c3C)c2n1CCCNC(=O)OC(C)(C)C. The highest BCUT2D eigenvalue weighted by atomic mass is 35.5. The molecule has 0 spiro atoms. The maximum Gasteiger partial charge on any atom is 0.407 e. The molecule has 0 radical (unpaired) electrons. The molecule has 0 unspecified atom stereocenters. The summed E-state index contributed by atoms with van der Waals surface area (Å²) < 4.78 is 27.3. The van der Waals surface area contributed by atoms with Gasteiger partial charge < -0.3 is 28.8 Å². The van der Waals surface area contributed by atoms with Crippen LogP contribution >= 0.6 is 23.2 Å². The summed E-state index contributed by atoms with van der Waals surface area (Å²) in [6, 6.07) is 8.81. The topological polar surface area (TPSA) is 106 Å². The highest BCUT2D eigenvalue weighted by molar-refractivity contribution is 6.76. The number of carbonyl (C=O) groups excluding carboxylic acids is 2. The number of nitrogens with zero attached hydrogens (tertiary/aromatic N) is 3. The Labute approximate surface area is 331 Å². The van der Waals surface area contributed by atoms with E-state index in [-0.39, 0.29) is 6.61 Å². The molecular weight excluding hydrogens is 743 g/mol. The number of esters is 1. The average Bonchev–Trinajstić information content (AvgIpc) is 3.53. The molecule has 0 fully saturated rings. The second-order valence-corrected chi connectivity index (χ2v) is 22.4. The molecule has 0 aliphatic heterocycles. The molecule has 0 atom stereocenters. The van der Waals surface area contributed by atoms with Crippen molar-refractivity contribution >= 4 is 54.2 Å². The highest BCUT2D eigenvalue weighted by Crippen LogP contribution is 2.42. The zero-order valence-electron chi connectivity index (χ0n) is 33.9. The van der Waals surface area contributed by atoms with Gasteiger partial charge in [-0.3, -0.25) is 0 Å². The molecule has 0 bridgehead atoms. The number of benzene rings is 2. The standard InChI is InChI=1S/C41H58Cl2N4O6Si/c1-12-51-39(48)38-31(15-13-20-52-30-23-26(2)36(43)27(3)24-30)32-16-17-33(42)35(37(32)46(38)19-14-18-44-40(49)53-41(6,7)8)34-28(4)45-47(29(34)5)25-50-21-22-54(9,10)11/h16-17,23-24H,12-15,18-22,25H2,1-11H3,(H,44,49). The van der Waals surface area contributed by atoms with Gasteiger partial charge in [-0.25, -0.2) is 14.3 Å². The minimum Gasteiger partial charge on any atom is -0.494 e. The minimum atomic E-state index is -1.25. The normalized spacial score (nSPS) is 12.0. The van der Waals surface area contributed by atoms with Gasteiger partial charge >= 0.3 is 12.1 Å². The molecule has 10 nitrogen and oxygen atoms in total. The lowest BCUT2D eigenvalue weighted by Gasteiger charge is -2.20. The lowest BCUT2D eigenvalue weighted by atomic mass is 9.98. The summed E-state index contributed by atoms with van der Waals surface area (Å²) in [4.78, 5) is 26.4. The first-order valence-electron chi connectivity index (χ1n) is 18.8. The number of hydrogen-bond acceptors (Lipinski definition) is 7. The van der Waals surface area contributed by atoms with Gasteiger partial charge in [-0.1, -0.05) is 48.9 Å². The predicted molar refractivity (Wildman–Crippen MR) is 221 cm³/mol. The Morgan fingerprint density at radius 1 is 0.963 bits per heavy atom. The van der Waals surface area contributed by atoms with E-state index in [1.807, 2.05) is 82.0 Å². The van der Waals surface area contributed by atoms with Gasteiger partial charge in [-0.05, 0) is 116 Å². The van der Waals surface area contributed by atoms with Crippen LogP contribution in [0.5, 0.6) is 5.75 Å². The van der Waals surface area contributed by atoms with Crippen LogP contribution in [0.3, 0.4) is 0 Å². The summed E-state index contributed by atoms with van der Waals surface area (Å²) in [6.45, 7) is 24.6. The Kier molecular flexibility index (Phi) is 14.7. The summed E-state index contributed by atoms with van der Waals surface area (Å²) in [5.41, 5.74) is 6.82. The van der Waals surface area contributed by atoms with Gasteiger partial charge in [0.05, 0.1) is 29.4 Å². The molecular formula is C41H58Cl2N4O6Si. The molecule has 2 aromatic carbocycles. The van der Waals surface area contributed by atoms with E-state index < -0.39 is 25.7 Å². The summed E-state index contributed by atoms with van der Waals surface area (Å²) in [6.07, 6.45) is 1.20. The lowest BCUT2D eigenvalue weighted by molar-refractivity contribution is 0.0502. The minimum absolute atomic E-state index is 0.217. The zero-order valence-corrected chi connectivity index (χ0v) is 36.4. The van der Waals surface area contributed by atoms with E-state index in [0.717, 1.165) is 66.9 Å². The quantitative estimate of drug-likeness (QED) is 0.0644. The van der Waals surface area contributed by atoms with Crippen molar-refractivity contribution in [1.82, 2.24) is 19.7 Å². The third kappa shape index (κ3) is 11.0. The van der Waals surface area contributed by atoms with E-state index in [1.54, 1.807) is 6.92 Å². The number of aromatic nitrogens is 3. The number of carbonyl (C=O) groups is 2. The van der Waals surface area contributed by atoms with Crippen LogP contribution in [-0.2, 0) is 33.9 Å². The van der Waals surface area contributed by atoms with Crippen LogP contribution in [-0.4, -0.2) is 66.5 Å². The van der Waals surface area contributed by atoms with Crippen molar-refractivity contribution in [2.24, 2.45) is 0 Å².